The molecular formula is C53H33F6N3. The fraction of sp³-hybridized carbons (Fsp3) is 0.0755. The van der Waals surface area contributed by atoms with Gasteiger partial charge in [0.1, 0.15) is 6.07 Å². The van der Waals surface area contributed by atoms with Crippen LogP contribution in [0, 0.1) is 25.2 Å². The number of aromatic nitrogens is 2. The smallest absolute Gasteiger partial charge is 0.309 e. The van der Waals surface area contributed by atoms with E-state index in [4.69, 9.17) is 0 Å². The predicted molar refractivity (Wildman–Crippen MR) is 236 cm³/mol. The lowest BCUT2D eigenvalue weighted by atomic mass is 9.93. The van der Waals surface area contributed by atoms with Crippen LogP contribution in [-0.2, 0) is 12.4 Å². The lowest BCUT2D eigenvalue weighted by Gasteiger charge is -2.22. The third-order valence-corrected chi connectivity index (χ3v) is 11.7. The third-order valence-electron chi connectivity index (χ3n) is 11.7. The number of aryl methyl sites for hydroxylation is 2. The van der Waals surface area contributed by atoms with Crippen LogP contribution in [0.15, 0.2) is 164 Å². The summed E-state index contributed by atoms with van der Waals surface area (Å²) in [7, 11) is 0. The number of nitriles is 1. The Labute approximate surface area is 351 Å². The first-order chi connectivity index (χ1) is 29.8. The first-order valence-electron chi connectivity index (χ1n) is 19.9. The molecule has 3 nitrogen and oxygen atoms in total. The van der Waals surface area contributed by atoms with Crippen molar-refractivity contribution in [2.45, 2.75) is 26.2 Å². The average Bonchev–Trinajstić information content (AvgIpc) is 3.77. The van der Waals surface area contributed by atoms with Crippen LogP contribution in [0.5, 0.6) is 0 Å². The first kappa shape index (κ1) is 38.6. The van der Waals surface area contributed by atoms with Gasteiger partial charge in [0.15, 0.2) is 0 Å². The summed E-state index contributed by atoms with van der Waals surface area (Å²) in [4.78, 5) is 0. The Hall–Kier alpha value is -7.57. The SMILES string of the molecule is Cc1cccc(-c2ccc3c(c2)c2ccccc2n3-c2cc(-c3ccc(C(F)(F)F)cc3C(F)(F)F)c(-n3c4ccccc4c4cc(-c5cccc(C)c5)ccc43)cc2C#N)c1. The summed E-state index contributed by atoms with van der Waals surface area (Å²) in [6.07, 6.45) is -10.2. The molecule has 0 aliphatic rings. The van der Waals surface area contributed by atoms with Crippen molar-refractivity contribution in [3.8, 4) is 50.8 Å². The van der Waals surface area contributed by atoms with Gasteiger partial charge in [0.25, 0.3) is 0 Å². The molecule has 302 valence electrons. The number of para-hydroxylation sites is 2. The van der Waals surface area contributed by atoms with Gasteiger partial charge in [0.05, 0.1) is 50.1 Å². The minimum Gasteiger partial charge on any atom is -0.309 e. The van der Waals surface area contributed by atoms with Crippen molar-refractivity contribution in [2.75, 3.05) is 0 Å². The molecule has 10 aromatic rings. The molecule has 62 heavy (non-hydrogen) atoms. The number of hydrogen-bond donors (Lipinski definition) is 0. The zero-order chi connectivity index (χ0) is 43.1. The van der Waals surface area contributed by atoms with Gasteiger partial charge in [-0.2, -0.15) is 31.6 Å². The van der Waals surface area contributed by atoms with Crippen LogP contribution in [0.4, 0.5) is 26.3 Å². The Bertz CT molecular complexity index is 3490. The molecule has 2 heterocycles. The quantitative estimate of drug-likeness (QED) is 0.159. The van der Waals surface area contributed by atoms with E-state index in [0.717, 1.165) is 61.0 Å². The molecule has 0 bridgehead atoms. The van der Waals surface area contributed by atoms with Crippen LogP contribution >= 0.6 is 0 Å². The maximum atomic E-state index is 15.2. The molecule has 0 atom stereocenters. The molecule has 0 saturated carbocycles. The molecule has 0 N–H and O–H groups in total. The molecule has 0 unspecified atom stereocenters. The topological polar surface area (TPSA) is 33.6 Å². The van der Waals surface area contributed by atoms with E-state index in [1.165, 1.54) is 6.07 Å². The van der Waals surface area contributed by atoms with Crippen molar-refractivity contribution in [3.05, 3.63) is 192 Å². The van der Waals surface area contributed by atoms with Crippen molar-refractivity contribution >= 4 is 43.6 Å². The normalized spacial score (nSPS) is 12.2. The van der Waals surface area contributed by atoms with E-state index in [1.807, 2.05) is 138 Å². The van der Waals surface area contributed by atoms with Gasteiger partial charge in [-0.25, -0.2) is 0 Å². The Kier molecular flexibility index (Phi) is 8.89. The Morgan fingerprint density at radius 1 is 0.419 bits per heavy atom. The highest BCUT2D eigenvalue weighted by Gasteiger charge is 2.39. The summed E-state index contributed by atoms with van der Waals surface area (Å²) >= 11 is 0. The maximum absolute atomic E-state index is 15.2. The molecule has 0 aliphatic heterocycles. The van der Waals surface area contributed by atoms with Crippen molar-refractivity contribution in [1.29, 1.82) is 5.26 Å². The van der Waals surface area contributed by atoms with E-state index >= 15 is 13.2 Å². The minimum atomic E-state index is -5.18. The highest BCUT2D eigenvalue weighted by atomic mass is 19.4. The van der Waals surface area contributed by atoms with Crippen LogP contribution < -0.4 is 0 Å². The molecule has 9 heteroatoms. The fourth-order valence-corrected chi connectivity index (χ4v) is 8.92. The summed E-state index contributed by atoms with van der Waals surface area (Å²) in [5.74, 6) is 0. The van der Waals surface area contributed by atoms with Crippen LogP contribution in [-0.4, -0.2) is 9.13 Å². The van der Waals surface area contributed by atoms with Crippen LogP contribution in [0.1, 0.15) is 27.8 Å². The van der Waals surface area contributed by atoms with E-state index in [9.17, 15) is 18.4 Å². The van der Waals surface area contributed by atoms with Crippen LogP contribution in [0.25, 0.3) is 88.4 Å². The molecule has 2 aromatic heterocycles. The molecule has 0 aliphatic carbocycles. The molecule has 0 spiro atoms. The second-order valence-corrected chi connectivity index (χ2v) is 15.7. The Morgan fingerprint density at radius 2 is 0.919 bits per heavy atom. The van der Waals surface area contributed by atoms with E-state index in [0.29, 0.717) is 28.1 Å². The van der Waals surface area contributed by atoms with Gasteiger partial charge in [-0.05, 0) is 102 Å². The van der Waals surface area contributed by atoms with Gasteiger partial charge in [0, 0.05) is 27.1 Å². The summed E-state index contributed by atoms with van der Waals surface area (Å²) in [6, 6.07) is 50.2. The number of fused-ring (bicyclic) bond motifs is 6. The first-order valence-corrected chi connectivity index (χ1v) is 19.9. The maximum Gasteiger partial charge on any atom is 0.417 e. The van der Waals surface area contributed by atoms with E-state index in [2.05, 4.69) is 24.3 Å². The highest BCUT2D eigenvalue weighted by molar-refractivity contribution is 6.12. The standard InChI is InChI=1S/C53H33F6N3/c1-31-9-7-11-33(23-31)35-17-21-48-42(25-35)40-13-3-5-15-46(40)61(48)50-29-44(39-20-19-38(52(54,55)56)28-45(39)53(57,58)59)51(27-37(50)30-60)62-47-16-6-4-14-41(47)43-26-36(18-22-49(43)62)34-12-8-10-32(2)24-34/h3-29H,1-2H3. The van der Waals surface area contributed by atoms with Crippen molar-refractivity contribution in [2.24, 2.45) is 0 Å². The molecule has 0 radical (unpaired) electrons. The zero-order valence-electron chi connectivity index (χ0n) is 33.2. The number of nitrogens with zero attached hydrogens (tertiary/aromatic N) is 3. The predicted octanol–water partition coefficient (Wildman–Crippen LogP) is 15.4. The van der Waals surface area contributed by atoms with Crippen molar-refractivity contribution in [1.82, 2.24) is 9.13 Å². The monoisotopic (exact) mass is 825 g/mol. The molecule has 10 rings (SSSR count). The Morgan fingerprint density at radius 3 is 1.42 bits per heavy atom. The molecule has 0 saturated heterocycles. The second kappa shape index (κ2) is 14.3. The van der Waals surface area contributed by atoms with E-state index < -0.39 is 29.0 Å². The third kappa shape index (κ3) is 6.38. The number of alkyl halides is 6. The minimum absolute atomic E-state index is 0.00669. The van der Waals surface area contributed by atoms with Crippen molar-refractivity contribution < 1.29 is 26.3 Å². The van der Waals surface area contributed by atoms with Crippen LogP contribution in [0.2, 0.25) is 0 Å². The Balaban J connectivity index is 1.31. The van der Waals surface area contributed by atoms with E-state index in [-0.39, 0.29) is 28.6 Å². The second-order valence-electron chi connectivity index (χ2n) is 15.7. The summed E-state index contributed by atoms with van der Waals surface area (Å²) in [5.41, 5.74) is 6.00. The molecule has 0 fully saturated rings. The molecule has 8 aromatic carbocycles. The number of rotatable bonds is 5. The lowest BCUT2D eigenvalue weighted by molar-refractivity contribution is -0.142. The number of benzene rings is 8. The average molecular weight is 826 g/mol. The van der Waals surface area contributed by atoms with Gasteiger partial charge < -0.3 is 9.13 Å². The largest absolute Gasteiger partial charge is 0.417 e. The summed E-state index contributed by atoms with van der Waals surface area (Å²) < 4.78 is 91.7. The van der Waals surface area contributed by atoms with Gasteiger partial charge in [-0.1, -0.05) is 114 Å². The highest BCUT2D eigenvalue weighted by Crippen LogP contribution is 2.46. The van der Waals surface area contributed by atoms with Gasteiger partial charge in [-0.3, -0.25) is 0 Å². The number of halogens is 6. The number of hydrogen-bond acceptors (Lipinski definition) is 1. The molecule has 0 amide bonds. The lowest BCUT2D eigenvalue weighted by Crippen LogP contribution is -2.13. The zero-order valence-corrected chi connectivity index (χ0v) is 33.2. The summed E-state index contributed by atoms with van der Waals surface area (Å²) in [5, 5.41) is 14.3. The van der Waals surface area contributed by atoms with Gasteiger partial charge in [-0.15, -0.1) is 0 Å². The van der Waals surface area contributed by atoms with E-state index in [1.54, 1.807) is 6.07 Å². The fourth-order valence-electron chi connectivity index (χ4n) is 8.92. The van der Waals surface area contributed by atoms with Gasteiger partial charge in [0.2, 0.25) is 0 Å². The van der Waals surface area contributed by atoms with Gasteiger partial charge >= 0.3 is 12.4 Å². The summed E-state index contributed by atoms with van der Waals surface area (Å²) in [6.45, 7) is 4.02. The molecular weight excluding hydrogens is 793 g/mol. The van der Waals surface area contributed by atoms with Crippen molar-refractivity contribution in [3.63, 3.8) is 0 Å². The van der Waals surface area contributed by atoms with Crippen LogP contribution in [0.3, 0.4) is 0 Å².